The van der Waals surface area contributed by atoms with Gasteiger partial charge in [0, 0.05) is 12.1 Å². The lowest BCUT2D eigenvalue weighted by molar-refractivity contribution is -0.116. The van der Waals surface area contributed by atoms with Gasteiger partial charge >= 0.3 is 0 Å². The molecule has 0 radical (unpaired) electrons. The summed E-state index contributed by atoms with van der Waals surface area (Å²) in [4.78, 5) is 12.2. The fourth-order valence-corrected chi connectivity index (χ4v) is 2.95. The van der Waals surface area contributed by atoms with E-state index in [1.54, 1.807) is 7.11 Å². The number of hydrogen-bond donors (Lipinski definition) is 1. The van der Waals surface area contributed by atoms with Crippen molar-refractivity contribution in [3.8, 4) is 11.5 Å². The van der Waals surface area contributed by atoms with E-state index in [0.29, 0.717) is 19.4 Å². The quantitative estimate of drug-likeness (QED) is 0.592. The molecule has 0 saturated carbocycles. The lowest BCUT2D eigenvalue weighted by Crippen LogP contribution is -2.12. The van der Waals surface area contributed by atoms with Crippen molar-refractivity contribution in [2.45, 2.75) is 26.4 Å². The van der Waals surface area contributed by atoms with Crippen molar-refractivity contribution < 1.29 is 14.3 Å². The Morgan fingerprint density at radius 2 is 1.68 bits per heavy atom. The number of benzene rings is 3. The molecule has 1 N–H and O–H groups in total. The summed E-state index contributed by atoms with van der Waals surface area (Å²) in [6.07, 6.45) is 1.12. The first kappa shape index (κ1) is 19.5. The van der Waals surface area contributed by atoms with E-state index in [1.807, 2.05) is 73.7 Å². The summed E-state index contributed by atoms with van der Waals surface area (Å²) in [5, 5.41) is 2.93. The van der Waals surface area contributed by atoms with Crippen LogP contribution in [0.25, 0.3) is 0 Å². The molecule has 0 unspecified atom stereocenters. The molecular formula is C24H25NO3. The Morgan fingerprint density at radius 3 is 2.36 bits per heavy atom. The lowest BCUT2D eigenvalue weighted by Gasteiger charge is -2.09. The van der Waals surface area contributed by atoms with E-state index in [-0.39, 0.29) is 5.91 Å². The molecule has 3 rings (SSSR count). The molecular weight excluding hydrogens is 350 g/mol. The molecule has 0 saturated heterocycles. The van der Waals surface area contributed by atoms with Crippen LogP contribution in [0.15, 0.2) is 72.8 Å². The Hall–Kier alpha value is -3.27. The van der Waals surface area contributed by atoms with E-state index in [0.717, 1.165) is 33.9 Å². The lowest BCUT2D eigenvalue weighted by atomic mass is 10.1. The van der Waals surface area contributed by atoms with Gasteiger partial charge in [0.15, 0.2) is 0 Å². The molecule has 0 aliphatic heterocycles. The summed E-state index contributed by atoms with van der Waals surface area (Å²) in [7, 11) is 1.66. The molecule has 144 valence electrons. The van der Waals surface area contributed by atoms with Crippen LogP contribution < -0.4 is 14.8 Å². The second kappa shape index (κ2) is 9.60. The van der Waals surface area contributed by atoms with Gasteiger partial charge in [-0.15, -0.1) is 0 Å². The summed E-state index contributed by atoms with van der Waals surface area (Å²) < 4.78 is 11.0. The highest BCUT2D eigenvalue weighted by Crippen LogP contribution is 2.20. The molecule has 0 heterocycles. The summed E-state index contributed by atoms with van der Waals surface area (Å²) in [6.45, 7) is 2.53. The Bertz CT molecular complexity index is 905. The van der Waals surface area contributed by atoms with Gasteiger partial charge < -0.3 is 14.8 Å². The van der Waals surface area contributed by atoms with Gasteiger partial charge in [-0.25, -0.2) is 0 Å². The normalized spacial score (nSPS) is 10.4. The minimum absolute atomic E-state index is 0.00794. The van der Waals surface area contributed by atoms with Gasteiger partial charge in [0.1, 0.15) is 18.1 Å². The van der Waals surface area contributed by atoms with E-state index in [9.17, 15) is 4.79 Å². The number of aryl methyl sites for hydroxylation is 2. The second-order valence-corrected chi connectivity index (χ2v) is 6.65. The zero-order valence-corrected chi connectivity index (χ0v) is 16.3. The number of amides is 1. The number of hydrogen-bond acceptors (Lipinski definition) is 3. The maximum absolute atomic E-state index is 12.2. The van der Waals surface area contributed by atoms with Gasteiger partial charge in [0.25, 0.3) is 0 Å². The van der Waals surface area contributed by atoms with Crippen LogP contribution in [0, 0.1) is 6.92 Å². The third-order valence-corrected chi connectivity index (χ3v) is 4.49. The minimum atomic E-state index is -0.00794. The van der Waals surface area contributed by atoms with Crippen molar-refractivity contribution in [1.29, 1.82) is 0 Å². The average Bonchev–Trinajstić information content (AvgIpc) is 2.72. The van der Waals surface area contributed by atoms with E-state index in [1.165, 1.54) is 0 Å². The van der Waals surface area contributed by atoms with E-state index in [2.05, 4.69) is 11.4 Å². The Balaban J connectivity index is 1.47. The van der Waals surface area contributed by atoms with Crippen LogP contribution in [0.5, 0.6) is 11.5 Å². The summed E-state index contributed by atoms with van der Waals surface area (Å²) in [5.41, 5.74) is 4.08. The number of nitrogens with one attached hydrogen (secondary N) is 1. The molecule has 3 aromatic rings. The topological polar surface area (TPSA) is 47.6 Å². The highest BCUT2D eigenvalue weighted by molar-refractivity contribution is 5.90. The zero-order valence-electron chi connectivity index (χ0n) is 16.3. The van der Waals surface area contributed by atoms with E-state index in [4.69, 9.17) is 9.47 Å². The number of carbonyl (C=O) groups is 1. The largest absolute Gasteiger partial charge is 0.496 e. The number of methoxy groups -OCH3 is 1. The smallest absolute Gasteiger partial charge is 0.224 e. The van der Waals surface area contributed by atoms with Crippen molar-refractivity contribution in [1.82, 2.24) is 0 Å². The third-order valence-electron chi connectivity index (χ3n) is 4.49. The predicted octanol–water partition coefficient (Wildman–Crippen LogP) is 5.15. The molecule has 1 amide bonds. The molecule has 0 spiro atoms. The molecule has 0 atom stereocenters. The predicted molar refractivity (Wildman–Crippen MR) is 112 cm³/mol. The first-order valence-electron chi connectivity index (χ1n) is 9.34. The Labute approximate surface area is 166 Å². The van der Waals surface area contributed by atoms with Crippen LogP contribution in [-0.2, 0) is 17.8 Å². The third kappa shape index (κ3) is 5.61. The van der Waals surface area contributed by atoms with Crippen LogP contribution in [0.4, 0.5) is 5.69 Å². The second-order valence-electron chi connectivity index (χ2n) is 6.65. The highest BCUT2D eigenvalue weighted by atomic mass is 16.5. The number of carbonyl (C=O) groups excluding carboxylic acids is 1. The van der Waals surface area contributed by atoms with Gasteiger partial charge in [0.2, 0.25) is 5.91 Å². The van der Waals surface area contributed by atoms with Crippen LogP contribution in [0.3, 0.4) is 0 Å². The molecule has 28 heavy (non-hydrogen) atoms. The van der Waals surface area contributed by atoms with Crippen molar-refractivity contribution in [3.05, 3.63) is 89.5 Å². The van der Waals surface area contributed by atoms with E-state index < -0.39 is 0 Å². The molecule has 0 bridgehead atoms. The maximum atomic E-state index is 12.2. The number of ether oxygens (including phenoxy) is 2. The fraction of sp³-hybridized carbons (Fsp3) is 0.208. The van der Waals surface area contributed by atoms with Crippen molar-refractivity contribution in [2.24, 2.45) is 0 Å². The van der Waals surface area contributed by atoms with Gasteiger partial charge in [-0.05, 0) is 60.4 Å². The molecule has 0 aromatic heterocycles. The Kier molecular flexibility index (Phi) is 6.68. The maximum Gasteiger partial charge on any atom is 0.224 e. The number of anilines is 1. The van der Waals surface area contributed by atoms with Crippen LogP contribution in [0.2, 0.25) is 0 Å². The molecule has 3 aromatic carbocycles. The zero-order chi connectivity index (χ0) is 19.8. The van der Waals surface area contributed by atoms with Crippen LogP contribution in [0.1, 0.15) is 23.1 Å². The summed E-state index contributed by atoms with van der Waals surface area (Å²) in [6, 6.07) is 23.5. The molecule has 0 aliphatic carbocycles. The average molecular weight is 375 g/mol. The van der Waals surface area contributed by atoms with Crippen molar-refractivity contribution >= 4 is 11.6 Å². The van der Waals surface area contributed by atoms with Crippen molar-refractivity contribution in [2.75, 3.05) is 12.4 Å². The summed E-state index contributed by atoms with van der Waals surface area (Å²) in [5.74, 6) is 1.63. The van der Waals surface area contributed by atoms with E-state index >= 15 is 0 Å². The van der Waals surface area contributed by atoms with Gasteiger partial charge in [0.05, 0.1) is 7.11 Å². The minimum Gasteiger partial charge on any atom is -0.496 e. The van der Waals surface area contributed by atoms with Crippen molar-refractivity contribution in [3.63, 3.8) is 0 Å². The molecule has 0 aliphatic rings. The Morgan fingerprint density at radius 1 is 0.929 bits per heavy atom. The first-order chi connectivity index (χ1) is 13.6. The van der Waals surface area contributed by atoms with Gasteiger partial charge in [-0.2, -0.15) is 0 Å². The van der Waals surface area contributed by atoms with Crippen LogP contribution >= 0.6 is 0 Å². The molecule has 0 fully saturated rings. The standard InChI is InChI=1S/C24H25NO3/c1-18-16-19(8-14-23(18)27-2)9-15-24(26)25-21-10-12-22(13-11-21)28-17-20-6-4-3-5-7-20/h3-8,10-14,16H,9,15,17H2,1-2H3,(H,25,26). The fourth-order valence-electron chi connectivity index (χ4n) is 2.95. The van der Waals surface area contributed by atoms with Gasteiger partial charge in [-0.1, -0.05) is 42.5 Å². The molecule has 4 nitrogen and oxygen atoms in total. The van der Waals surface area contributed by atoms with Crippen LogP contribution in [-0.4, -0.2) is 13.0 Å². The highest BCUT2D eigenvalue weighted by Gasteiger charge is 2.06. The number of rotatable bonds is 8. The monoisotopic (exact) mass is 375 g/mol. The first-order valence-corrected chi connectivity index (χ1v) is 9.34. The SMILES string of the molecule is COc1ccc(CCC(=O)Nc2ccc(OCc3ccccc3)cc2)cc1C. The summed E-state index contributed by atoms with van der Waals surface area (Å²) >= 11 is 0. The van der Waals surface area contributed by atoms with Gasteiger partial charge in [-0.3, -0.25) is 4.79 Å². The molecule has 4 heteroatoms.